The number of carbonyl (C=O) groups is 1. The van der Waals surface area contributed by atoms with E-state index < -0.39 is 0 Å². The molecule has 1 amide bonds. The molecule has 0 aromatic heterocycles. The number of benzene rings is 1. The third-order valence-electron chi connectivity index (χ3n) is 4.44. The monoisotopic (exact) mass is 290 g/mol. The number of nitrogens with one attached hydrogen (secondary N) is 1. The van der Waals surface area contributed by atoms with E-state index in [0.717, 1.165) is 37.4 Å². The summed E-state index contributed by atoms with van der Waals surface area (Å²) in [6, 6.07) is 6.69. The molecule has 3 rings (SSSR count). The highest BCUT2D eigenvalue weighted by Crippen LogP contribution is 2.36. The van der Waals surface area contributed by atoms with Crippen molar-refractivity contribution in [2.75, 3.05) is 26.9 Å². The second-order valence-electron chi connectivity index (χ2n) is 5.88. The van der Waals surface area contributed by atoms with Gasteiger partial charge in [-0.25, -0.2) is 0 Å². The van der Waals surface area contributed by atoms with E-state index in [1.165, 1.54) is 5.56 Å². The lowest BCUT2D eigenvalue weighted by atomic mass is 9.95. The first-order valence-corrected chi connectivity index (χ1v) is 7.48. The van der Waals surface area contributed by atoms with Gasteiger partial charge >= 0.3 is 0 Å². The van der Waals surface area contributed by atoms with Gasteiger partial charge in [0.1, 0.15) is 0 Å². The Balaban J connectivity index is 1.56. The molecule has 5 nitrogen and oxygen atoms in total. The van der Waals surface area contributed by atoms with Crippen molar-refractivity contribution in [3.05, 3.63) is 23.8 Å². The number of amides is 1. The Bertz CT molecular complexity index is 532. The summed E-state index contributed by atoms with van der Waals surface area (Å²) in [6.45, 7) is 3.72. The van der Waals surface area contributed by atoms with Gasteiger partial charge in [0.2, 0.25) is 12.7 Å². The molecule has 1 N–H and O–H groups in total. The van der Waals surface area contributed by atoms with Crippen molar-refractivity contribution >= 4 is 5.91 Å². The Morgan fingerprint density at radius 2 is 2.19 bits per heavy atom. The van der Waals surface area contributed by atoms with Crippen LogP contribution in [0.2, 0.25) is 0 Å². The van der Waals surface area contributed by atoms with E-state index in [9.17, 15) is 4.79 Å². The molecule has 0 saturated carbocycles. The van der Waals surface area contributed by atoms with E-state index in [-0.39, 0.29) is 5.91 Å². The normalized spacial score (nSPS) is 23.3. The molecule has 2 unspecified atom stereocenters. The zero-order valence-electron chi connectivity index (χ0n) is 12.6. The predicted molar refractivity (Wildman–Crippen MR) is 79.6 cm³/mol. The summed E-state index contributed by atoms with van der Waals surface area (Å²) in [4.78, 5) is 13.0. The van der Waals surface area contributed by atoms with Crippen LogP contribution in [0.25, 0.3) is 0 Å². The molecular weight excluding hydrogens is 268 g/mol. The lowest BCUT2D eigenvalue weighted by molar-refractivity contribution is -0.127. The Morgan fingerprint density at radius 1 is 1.38 bits per heavy atom. The maximum Gasteiger partial charge on any atom is 0.231 e. The highest BCUT2D eigenvalue weighted by molar-refractivity contribution is 5.72. The summed E-state index contributed by atoms with van der Waals surface area (Å²) in [7, 11) is 1.85. The molecule has 2 aliphatic heterocycles. The van der Waals surface area contributed by atoms with Crippen LogP contribution in [0.4, 0.5) is 0 Å². The summed E-state index contributed by atoms with van der Waals surface area (Å²) in [5.41, 5.74) is 1.30. The van der Waals surface area contributed by atoms with Crippen molar-refractivity contribution in [2.24, 2.45) is 0 Å². The smallest absolute Gasteiger partial charge is 0.231 e. The van der Waals surface area contributed by atoms with Gasteiger partial charge in [-0.1, -0.05) is 6.07 Å². The van der Waals surface area contributed by atoms with Crippen LogP contribution in [0.1, 0.15) is 31.2 Å². The Kier molecular flexibility index (Phi) is 4.01. The van der Waals surface area contributed by atoms with Gasteiger partial charge in [0, 0.05) is 33.1 Å². The number of nitrogens with zero attached hydrogens (tertiary/aromatic N) is 1. The highest BCUT2D eigenvalue weighted by atomic mass is 16.7. The van der Waals surface area contributed by atoms with Gasteiger partial charge in [-0.2, -0.15) is 0 Å². The minimum Gasteiger partial charge on any atom is -0.454 e. The van der Waals surface area contributed by atoms with E-state index in [0.29, 0.717) is 18.8 Å². The van der Waals surface area contributed by atoms with Crippen molar-refractivity contribution in [3.8, 4) is 11.5 Å². The van der Waals surface area contributed by atoms with E-state index >= 15 is 0 Å². The molecule has 0 aliphatic carbocycles. The SMILES string of the molecule is CC(=O)N(C)CCC1CC(c2ccc3c(c2)OCO3)CN1. The van der Waals surface area contributed by atoms with Crippen molar-refractivity contribution < 1.29 is 14.3 Å². The number of rotatable bonds is 4. The van der Waals surface area contributed by atoms with Crippen molar-refractivity contribution in [1.82, 2.24) is 10.2 Å². The third-order valence-corrected chi connectivity index (χ3v) is 4.44. The minimum atomic E-state index is 0.125. The molecule has 21 heavy (non-hydrogen) atoms. The van der Waals surface area contributed by atoms with Crippen molar-refractivity contribution in [3.63, 3.8) is 0 Å². The van der Waals surface area contributed by atoms with Gasteiger partial charge in [-0.15, -0.1) is 0 Å². The fraction of sp³-hybridized carbons (Fsp3) is 0.562. The molecule has 1 fully saturated rings. The number of fused-ring (bicyclic) bond motifs is 1. The molecule has 0 bridgehead atoms. The zero-order valence-corrected chi connectivity index (χ0v) is 12.6. The van der Waals surface area contributed by atoms with Crippen LogP contribution in [-0.2, 0) is 4.79 Å². The van der Waals surface area contributed by atoms with Crippen LogP contribution in [0.3, 0.4) is 0 Å². The second kappa shape index (κ2) is 5.93. The number of hydrogen-bond donors (Lipinski definition) is 1. The van der Waals surface area contributed by atoms with Crippen LogP contribution in [0, 0.1) is 0 Å². The van der Waals surface area contributed by atoms with E-state index in [2.05, 4.69) is 17.4 Å². The molecule has 0 radical (unpaired) electrons. The lowest BCUT2D eigenvalue weighted by Crippen LogP contribution is -2.30. The summed E-state index contributed by atoms with van der Waals surface area (Å²) < 4.78 is 10.8. The molecular formula is C16H22N2O3. The van der Waals surface area contributed by atoms with Gasteiger partial charge in [-0.3, -0.25) is 4.79 Å². The Labute approximate surface area is 125 Å². The van der Waals surface area contributed by atoms with Crippen LogP contribution in [0.5, 0.6) is 11.5 Å². The standard InChI is InChI=1S/C16H22N2O3/c1-11(19)18(2)6-5-14-7-13(9-17-14)12-3-4-15-16(8-12)21-10-20-15/h3-4,8,13-14,17H,5-7,9-10H2,1-2H3. The van der Waals surface area contributed by atoms with Crippen LogP contribution in [-0.4, -0.2) is 43.8 Å². The van der Waals surface area contributed by atoms with Crippen molar-refractivity contribution in [2.45, 2.75) is 31.7 Å². The number of hydrogen-bond acceptors (Lipinski definition) is 4. The van der Waals surface area contributed by atoms with E-state index in [4.69, 9.17) is 9.47 Å². The number of carbonyl (C=O) groups excluding carboxylic acids is 1. The highest BCUT2D eigenvalue weighted by Gasteiger charge is 2.27. The summed E-state index contributed by atoms with van der Waals surface area (Å²) >= 11 is 0. The van der Waals surface area contributed by atoms with Gasteiger partial charge in [0.15, 0.2) is 11.5 Å². The molecule has 1 aromatic rings. The summed E-state index contributed by atoms with van der Waals surface area (Å²) in [6.07, 6.45) is 2.10. The summed E-state index contributed by atoms with van der Waals surface area (Å²) in [5.74, 6) is 2.32. The molecule has 0 spiro atoms. The first-order chi connectivity index (χ1) is 10.1. The Morgan fingerprint density at radius 3 is 3.00 bits per heavy atom. The second-order valence-corrected chi connectivity index (χ2v) is 5.88. The first-order valence-electron chi connectivity index (χ1n) is 7.48. The minimum absolute atomic E-state index is 0.125. The fourth-order valence-electron chi connectivity index (χ4n) is 2.97. The molecule has 114 valence electrons. The molecule has 1 saturated heterocycles. The molecule has 1 aromatic carbocycles. The average Bonchev–Trinajstić information content (AvgIpc) is 3.12. The predicted octanol–water partition coefficient (Wildman–Crippen LogP) is 1.73. The van der Waals surface area contributed by atoms with Gasteiger partial charge in [0.25, 0.3) is 0 Å². The maximum absolute atomic E-state index is 11.2. The van der Waals surface area contributed by atoms with Crippen molar-refractivity contribution in [1.29, 1.82) is 0 Å². The molecule has 5 heteroatoms. The van der Waals surface area contributed by atoms with Gasteiger partial charge in [-0.05, 0) is 36.5 Å². The van der Waals surface area contributed by atoms with Crippen LogP contribution >= 0.6 is 0 Å². The lowest BCUT2D eigenvalue weighted by Gasteiger charge is -2.17. The third kappa shape index (κ3) is 3.13. The summed E-state index contributed by atoms with van der Waals surface area (Å²) in [5, 5.41) is 3.56. The molecule has 2 atom stereocenters. The van der Waals surface area contributed by atoms with E-state index in [1.807, 2.05) is 13.1 Å². The van der Waals surface area contributed by atoms with Crippen LogP contribution < -0.4 is 14.8 Å². The number of ether oxygens (including phenoxy) is 2. The van der Waals surface area contributed by atoms with Crippen LogP contribution in [0.15, 0.2) is 18.2 Å². The average molecular weight is 290 g/mol. The largest absolute Gasteiger partial charge is 0.454 e. The topological polar surface area (TPSA) is 50.8 Å². The first kappa shape index (κ1) is 14.2. The Hall–Kier alpha value is -1.75. The van der Waals surface area contributed by atoms with E-state index in [1.54, 1.807) is 11.8 Å². The fourth-order valence-corrected chi connectivity index (χ4v) is 2.97. The molecule has 2 aliphatic rings. The van der Waals surface area contributed by atoms with Gasteiger partial charge < -0.3 is 19.7 Å². The van der Waals surface area contributed by atoms with Gasteiger partial charge in [0.05, 0.1) is 0 Å². The maximum atomic E-state index is 11.2. The quantitative estimate of drug-likeness (QED) is 0.917. The zero-order chi connectivity index (χ0) is 14.8. The molecule has 2 heterocycles.